The van der Waals surface area contributed by atoms with Crippen LogP contribution in [-0.4, -0.2) is 43.1 Å². The Morgan fingerprint density at radius 2 is 2.38 bits per heavy atom. The molecule has 0 spiro atoms. The summed E-state index contributed by atoms with van der Waals surface area (Å²) in [6.07, 6.45) is 3.19. The highest BCUT2D eigenvalue weighted by molar-refractivity contribution is 6.31. The second-order valence-electron chi connectivity index (χ2n) is 5.67. The van der Waals surface area contributed by atoms with Gasteiger partial charge >= 0.3 is 0 Å². The summed E-state index contributed by atoms with van der Waals surface area (Å²) in [6, 6.07) is 4.04. The van der Waals surface area contributed by atoms with Gasteiger partial charge in [0.25, 0.3) is 5.91 Å². The second-order valence-corrected chi connectivity index (χ2v) is 6.11. The molecule has 1 aromatic rings. The van der Waals surface area contributed by atoms with Gasteiger partial charge in [-0.3, -0.25) is 9.69 Å². The summed E-state index contributed by atoms with van der Waals surface area (Å²) in [5.41, 5.74) is 1.60. The van der Waals surface area contributed by atoms with E-state index in [-0.39, 0.29) is 5.91 Å². The summed E-state index contributed by atoms with van der Waals surface area (Å²) in [4.78, 5) is 14.9. The number of nitrogens with one attached hydrogen (secondary N) is 1. The summed E-state index contributed by atoms with van der Waals surface area (Å²) in [5, 5.41) is 3.64. The van der Waals surface area contributed by atoms with Crippen LogP contribution in [0.4, 0.5) is 0 Å². The first-order valence-electron chi connectivity index (χ1n) is 7.66. The molecule has 2 aliphatic rings. The lowest BCUT2D eigenvalue weighted by atomic mass is 10.1. The molecule has 1 fully saturated rings. The van der Waals surface area contributed by atoms with Crippen molar-refractivity contribution in [2.45, 2.75) is 32.2 Å². The van der Waals surface area contributed by atoms with E-state index < -0.39 is 0 Å². The first-order chi connectivity index (χ1) is 10.2. The molecule has 0 unspecified atom stereocenters. The molecule has 0 aromatic heterocycles. The van der Waals surface area contributed by atoms with Gasteiger partial charge in [-0.2, -0.15) is 0 Å². The van der Waals surface area contributed by atoms with Crippen LogP contribution in [0.2, 0.25) is 5.02 Å². The third-order valence-corrected chi connectivity index (χ3v) is 4.61. The Labute approximate surface area is 130 Å². The molecule has 21 heavy (non-hydrogen) atoms. The Bertz CT molecular complexity index is 547. The highest BCUT2D eigenvalue weighted by Gasteiger charge is 2.25. The zero-order chi connectivity index (χ0) is 14.8. The number of rotatable bonds is 4. The molecule has 0 saturated carbocycles. The van der Waals surface area contributed by atoms with Gasteiger partial charge in [0.1, 0.15) is 5.75 Å². The third-order valence-electron chi connectivity index (χ3n) is 4.40. The van der Waals surface area contributed by atoms with Crippen LogP contribution in [0.1, 0.15) is 35.7 Å². The normalized spacial score (nSPS) is 21.1. The number of amides is 1. The number of fused-ring (bicyclic) bond motifs is 1. The Kier molecular flexibility index (Phi) is 4.36. The maximum atomic E-state index is 12.4. The van der Waals surface area contributed by atoms with E-state index in [1.165, 1.54) is 6.42 Å². The fourth-order valence-electron chi connectivity index (χ4n) is 3.29. The Morgan fingerprint density at radius 3 is 3.19 bits per heavy atom. The molecular formula is C16H21ClN2O2. The molecule has 5 heteroatoms. The number of nitrogens with zero attached hydrogens (tertiary/aromatic N) is 1. The van der Waals surface area contributed by atoms with Crippen LogP contribution in [0.3, 0.4) is 0 Å². The number of ether oxygens (including phenoxy) is 1. The number of likely N-dealkylation sites (tertiary alicyclic amines) is 1. The number of carbonyl (C=O) groups is 1. The van der Waals surface area contributed by atoms with E-state index in [1.54, 1.807) is 6.07 Å². The Balaban J connectivity index is 1.69. The molecule has 1 amide bonds. The van der Waals surface area contributed by atoms with E-state index in [0.29, 0.717) is 35.5 Å². The average molecular weight is 309 g/mol. The standard InChI is InChI=1S/C16H21ClN2O2/c1-2-19-6-3-4-13(19)10-18-16(20)14-9-12(17)8-11-5-7-21-15(11)14/h8-9,13H,2-7,10H2,1H3,(H,18,20)/t13-/m0/s1. The zero-order valence-corrected chi connectivity index (χ0v) is 13.1. The van der Waals surface area contributed by atoms with E-state index in [0.717, 1.165) is 31.5 Å². The summed E-state index contributed by atoms with van der Waals surface area (Å²) >= 11 is 6.10. The lowest BCUT2D eigenvalue weighted by Gasteiger charge is -2.23. The van der Waals surface area contributed by atoms with Crippen molar-refractivity contribution >= 4 is 17.5 Å². The topological polar surface area (TPSA) is 41.6 Å². The SMILES string of the molecule is CCN1CCC[C@H]1CNC(=O)c1cc(Cl)cc2c1OCC2. The van der Waals surface area contributed by atoms with Crippen molar-refractivity contribution in [3.05, 3.63) is 28.3 Å². The van der Waals surface area contributed by atoms with Crippen LogP contribution in [-0.2, 0) is 6.42 Å². The molecular weight excluding hydrogens is 288 g/mol. The zero-order valence-electron chi connectivity index (χ0n) is 12.3. The van der Waals surface area contributed by atoms with Gasteiger partial charge in [0.05, 0.1) is 12.2 Å². The van der Waals surface area contributed by atoms with Crippen molar-refractivity contribution in [2.24, 2.45) is 0 Å². The van der Waals surface area contributed by atoms with Crippen LogP contribution in [0.25, 0.3) is 0 Å². The quantitative estimate of drug-likeness (QED) is 0.929. The lowest BCUT2D eigenvalue weighted by Crippen LogP contribution is -2.40. The molecule has 4 nitrogen and oxygen atoms in total. The molecule has 1 atom stereocenters. The molecule has 1 aromatic carbocycles. The maximum absolute atomic E-state index is 12.4. The summed E-state index contributed by atoms with van der Waals surface area (Å²) < 4.78 is 5.59. The van der Waals surface area contributed by atoms with Gasteiger partial charge in [-0.15, -0.1) is 0 Å². The fourth-order valence-corrected chi connectivity index (χ4v) is 3.53. The highest BCUT2D eigenvalue weighted by atomic mass is 35.5. The van der Waals surface area contributed by atoms with Gasteiger partial charge in [0, 0.05) is 24.0 Å². The van der Waals surface area contributed by atoms with E-state index in [1.807, 2.05) is 6.07 Å². The van der Waals surface area contributed by atoms with Gasteiger partial charge in [-0.05, 0) is 43.6 Å². The number of benzene rings is 1. The van der Waals surface area contributed by atoms with Crippen molar-refractivity contribution in [2.75, 3.05) is 26.2 Å². The molecule has 0 aliphatic carbocycles. The summed E-state index contributed by atoms with van der Waals surface area (Å²) in [6.45, 7) is 5.65. The minimum atomic E-state index is -0.0846. The molecule has 1 saturated heterocycles. The number of hydrogen-bond donors (Lipinski definition) is 1. The summed E-state index contributed by atoms with van der Waals surface area (Å²) in [7, 11) is 0. The number of hydrogen-bond acceptors (Lipinski definition) is 3. The number of carbonyl (C=O) groups excluding carboxylic acids is 1. The van der Waals surface area contributed by atoms with Gasteiger partial charge in [-0.25, -0.2) is 0 Å². The van der Waals surface area contributed by atoms with Gasteiger partial charge < -0.3 is 10.1 Å². The number of likely N-dealkylation sites (N-methyl/N-ethyl adjacent to an activating group) is 1. The van der Waals surface area contributed by atoms with Crippen molar-refractivity contribution < 1.29 is 9.53 Å². The molecule has 114 valence electrons. The molecule has 3 rings (SSSR count). The first-order valence-corrected chi connectivity index (χ1v) is 8.04. The maximum Gasteiger partial charge on any atom is 0.255 e. The number of halogens is 1. The molecule has 0 radical (unpaired) electrons. The highest BCUT2D eigenvalue weighted by Crippen LogP contribution is 2.32. The van der Waals surface area contributed by atoms with Crippen LogP contribution in [0.5, 0.6) is 5.75 Å². The van der Waals surface area contributed by atoms with Crippen LogP contribution in [0.15, 0.2) is 12.1 Å². The fraction of sp³-hybridized carbons (Fsp3) is 0.562. The van der Waals surface area contributed by atoms with Crippen LogP contribution < -0.4 is 10.1 Å². The van der Waals surface area contributed by atoms with Gasteiger partial charge in [-0.1, -0.05) is 18.5 Å². The average Bonchev–Trinajstić information content (AvgIpc) is 3.11. The molecule has 0 bridgehead atoms. The monoisotopic (exact) mass is 308 g/mol. The minimum absolute atomic E-state index is 0.0846. The van der Waals surface area contributed by atoms with E-state index in [2.05, 4.69) is 17.1 Å². The Hall–Kier alpha value is -1.26. The predicted octanol–water partition coefficient (Wildman–Crippen LogP) is 2.49. The molecule has 2 heterocycles. The van der Waals surface area contributed by atoms with Crippen molar-refractivity contribution in [1.29, 1.82) is 0 Å². The lowest BCUT2D eigenvalue weighted by molar-refractivity contribution is 0.0938. The van der Waals surface area contributed by atoms with Gasteiger partial charge in [0.2, 0.25) is 0 Å². The molecule has 1 N–H and O–H groups in total. The third kappa shape index (κ3) is 3.01. The Morgan fingerprint density at radius 1 is 1.52 bits per heavy atom. The van der Waals surface area contributed by atoms with E-state index in [9.17, 15) is 4.79 Å². The van der Waals surface area contributed by atoms with Crippen LogP contribution >= 0.6 is 11.6 Å². The molecule has 2 aliphatic heterocycles. The first kappa shape index (κ1) is 14.7. The van der Waals surface area contributed by atoms with Crippen molar-refractivity contribution in [3.8, 4) is 5.75 Å². The van der Waals surface area contributed by atoms with Gasteiger partial charge in [0.15, 0.2) is 0 Å². The summed E-state index contributed by atoms with van der Waals surface area (Å²) in [5.74, 6) is 0.620. The second kappa shape index (κ2) is 6.24. The van der Waals surface area contributed by atoms with Crippen molar-refractivity contribution in [1.82, 2.24) is 10.2 Å². The predicted molar refractivity (Wildman–Crippen MR) is 83.3 cm³/mol. The van der Waals surface area contributed by atoms with Crippen molar-refractivity contribution in [3.63, 3.8) is 0 Å². The largest absolute Gasteiger partial charge is 0.492 e. The van der Waals surface area contributed by atoms with E-state index >= 15 is 0 Å². The smallest absolute Gasteiger partial charge is 0.255 e. The minimum Gasteiger partial charge on any atom is -0.492 e. The van der Waals surface area contributed by atoms with E-state index in [4.69, 9.17) is 16.3 Å². The van der Waals surface area contributed by atoms with Crippen LogP contribution in [0, 0.1) is 0 Å².